The third-order valence-corrected chi connectivity index (χ3v) is 5.74. The maximum absolute atomic E-state index is 4.93. The summed E-state index contributed by atoms with van der Waals surface area (Å²) in [6.07, 6.45) is 11.7. The maximum atomic E-state index is 4.93. The fraction of sp³-hybridized carbons (Fsp3) is 0.375. The van der Waals surface area contributed by atoms with Crippen molar-refractivity contribution in [3.05, 3.63) is 71.1 Å². The molecule has 3 heteroatoms. The number of benzene rings is 2. The summed E-state index contributed by atoms with van der Waals surface area (Å²) >= 11 is -0.826. The third-order valence-electron chi connectivity index (χ3n) is 5.74. The summed E-state index contributed by atoms with van der Waals surface area (Å²) in [6.45, 7) is 4.54. The number of hydrogen-bond donors (Lipinski definition) is 0. The molecule has 0 heterocycles. The van der Waals surface area contributed by atoms with E-state index in [0.717, 1.165) is 5.92 Å². The monoisotopic (exact) mass is 475 g/mol. The summed E-state index contributed by atoms with van der Waals surface area (Å²) in [4.78, 5) is 0. The average Bonchev–Trinajstić information content (AvgIpc) is 3.14. The van der Waals surface area contributed by atoms with Gasteiger partial charge in [-0.3, -0.25) is 0 Å². The molecule has 0 atom stereocenters. The van der Waals surface area contributed by atoms with Crippen LogP contribution in [0.5, 0.6) is 0 Å². The molecule has 0 N–H and O–H groups in total. The van der Waals surface area contributed by atoms with E-state index in [4.69, 9.17) is 17.0 Å². The Morgan fingerprint density at radius 1 is 0.926 bits per heavy atom. The molecule has 1 radical (unpaired) electrons. The number of halogens is 2. The standard InChI is InChI=1S/C24H27.2ClH.Zr/c1-17(2)22-15-21-9-6-10-23(24(21)16-22)20-13-11-19(12-14-20)18-7-4-3-5-8-18;;;/h6,9-18H,3-5,7-8H2,1-2H3;2*1H;/q;;;+2/p-2. The normalized spacial score (nSPS) is 16.4. The van der Waals surface area contributed by atoms with Gasteiger partial charge in [0, 0.05) is 6.42 Å². The molecule has 1 saturated carbocycles. The van der Waals surface area contributed by atoms with Crippen LogP contribution in [-0.2, 0) is 20.8 Å². The summed E-state index contributed by atoms with van der Waals surface area (Å²) in [5.41, 5.74) is 8.46. The zero-order valence-electron chi connectivity index (χ0n) is 16.1. The number of fused-ring (bicyclic) bond motifs is 1. The van der Waals surface area contributed by atoms with Crippen LogP contribution in [0.2, 0.25) is 0 Å². The molecule has 2 aromatic rings. The molecular formula is C24H27Cl2Zr. The zero-order chi connectivity index (χ0) is 19.2. The first-order valence-electron chi connectivity index (χ1n) is 9.90. The third kappa shape index (κ3) is 5.37. The molecule has 141 valence electrons. The van der Waals surface area contributed by atoms with Gasteiger partial charge in [-0.15, -0.1) is 0 Å². The first-order chi connectivity index (χ1) is 13.1. The summed E-state index contributed by atoms with van der Waals surface area (Å²) in [6, 6.07) is 16.1. The molecule has 0 aliphatic heterocycles. The van der Waals surface area contributed by atoms with E-state index in [-0.39, 0.29) is 0 Å². The Balaban J connectivity index is 0.000000659. The van der Waals surface area contributed by atoms with Crippen LogP contribution in [0, 0.1) is 12.3 Å². The molecule has 27 heavy (non-hydrogen) atoms. The van der Waals surface area contributed by atoms with E-state index in [2.05, 4.69) is 68.8 Å². The van der Waals surface area contributed by atoms with Gasteiger partial charge in [0.25, 0.3) is 0 Å². The van der Waals surface area contributed by atoms with Crippen molar-refractivity contribution >= 4 is 23.1 Å². The summed E-state index contributed by atoms with van der Waals surface area (Å²) in [5.74, 6) is 1.37. The minimum absolute atomic E-state index is 0.582. The van der Waals surface area contributed by atoms with Crippen molar-refractivity contribution in [3.8, 4) is 11.1 Å². The molecule has 2 aromatic carbocycles. The molecule has 0 saturated heterocycles. The van der Waals surface area contributed by atoms with E-state index in [1.807, 2.05) is 0 Å². The van der Waals surface area contributed by atoms with Crippen molar-refractivity contribution in [2.24, 2.45) is 5.92 Å². The van der Waals surface area contributed by atoms with E-state index >= 15 is 0 Å². The first-order valence-corrected chi connectivity index (χ1v) is 16.2. The van der Waals surface area contributed by atoms with Gasteiger partial charge >= 0.3 is 37.9 Å². The predicted octanol–water partition coefficient (Wildman–Crippen LogP) is 8.38. The van der Waals surface area contributed by atoms with Gasteiger partial charge in [-0.25, -0.2) is 0 Å². The fourth-order valence-electron chi connectivity index (χ4n) is 4.21. The Bertz CT molecular complexity index is 771. The van der Waals surface area contributed by atoms with Crippen molar-refractivity contribution in [1.82, 2.24) is 0 Å². The van der Waals surface area contributed by atoms with Gasteiger partial charge in [0.2, 0.25) is 0 Å². The SMILES string of the molecule is CC(C)C1=Cc2c(cccc2-c2ccc(C3CCCCC3)cc2)[CH]1.[Cl][Zr][Cl]. The Labute approximate surface area is 183 Å². The van der Waals surface area contributed by atoms with Gasteiger partial charge in [-0.1, -0.05) is 87.2 Å². The molecule has 4 rings (SSSR count). The average molecular weight is 478 g/mol. The Kier molecular flexibility index (Phi) is 8.25. The molecule has 0 nitrogen and oxygen atoms in total. The van der Waals surface area contributed by atoms with Gasteiger partial charge in [-0.2, -0.15) is 0 Å². The van der Waals surface area contributed by atoms with Crippen LogP contribution in [0.3, 0.4) is 0 Å². The van der Waals surface area contributed by atoms with E-state index in [1.54, 1.807) is 0 Å². The second-order valence-corrected chi connectivity index (χ2v) is 11.5. The van der Waals surface area contributed by atoms with Gasteiger partial charge in [0.05, 0.1) is 0 Å². The van der Waals surface area contributed by atoms with Crippen LogP contribution in [0.15, 0.2) is 48.0 Å². The van der Waals surface area contributed by atoms with Gasteiger partial charge in [0.1, 0.15) is 0 Å². The van der Waals surface area contributed by atoms with E-state index in [1.165, 1.54) is 65.5 Å². The molecule has 0 aromatic heterocycles. The molecule has 0 spiro atoms. The van der Waals surface area contributed by atoms with Gasteiger partial charge < -0.3 is 0 Å². The molecule has 0 unspecified atom stereocenters. The van der Waals surface area contributed by atoms with Crippen LogP contribution < -0.4 is 0 Å². The number of hydrogen-bond acceptors (Lipinski definition) is 0. The van der Waals surface area contributed by atoms with Crippen LogP contribution in [0.4, 0.5) is 0 Å². The Morgan fingerprint density at radius 2 is 1.59 bits per heavy atom. The summed E-state index contributed by atoms with van der Waals surface area (Å²) in [7, 11) is 9.87. The molecule has 2 aliphatic rings. The van der Waals surface area contributed by atoms with Crippen LogP contribution in [0.1, 0.15) is 68.6 Å². The van der Waals surface area contributed by atoms with Crippen molar-refractivity contribution in [3.63, 3.8) is 0 Å². The molecule has 0 bridgehead atoms. The minimum atomic E-state index is -0.826. The van der Waals surface area contributed by atoms with E-state index < -0.39 is 20.8 Å². The molecular weight excluding hydrogens is 450 g/mol. The predicted molar refractivity (Wildman–Crippen MR) is 116 cm³/mol. The molecule has 0 amide bonds. The zero-order valence-corrected chi connectivity index (χ0v) is 20.1. The second-order valence-electron chi connectivity index (χ2n) is 7.78. The van der Waals surface area contributed by atoms with E-state index in [9.17, 15) is 0 Å². The van der Waals surface area contributed by atoms with E-state index in [0.29, 0.717) is 5.92 Å². The Morgan fingerprint density at radius 3 is 2.22 bits per heavy atom. The number of rotatable bonds is 3. The molecule has 2 aliphatic carbocycles. The summed E-state index contributed by atoms with van der Waals surface area (Å²) in [5, 5.41) is 0. The van der Waals surface area contributed by atoms with Crippen molar-refractivity contribution in [2.75, 3.05) is 0 Å². The van der Waals surface area contributed by atoms with Gasteiger partial charge in [-0.05, 0) is 52.5 Å². The van der Waals surface area contributed by atoms with Crippen molar-refractivity contribution in [2.45, 2.75) is 51.9 Å². The van der Waals surface area contributed by atoms with Crippen molar-refractivity contribution < 1.29 is 20.8 Å². The fourth-order valence-corrected chi connectivity index (χ4v) is 4.21. The quantitative estimate of drug-likeness (QED) is 0.416. The second kappa shape index (κ2) is 10.4. The summed E-state index contributed by atoms with van der Waals surface area (Å²) < 4.78 is 0. The van der Waals surface area contributed by atoms with Crippen molar-refractivity contribution in [1.29, 1.82) is 0 Å². The first kappa shape index (κ1) is 21.4. The van der Waals surface area contributed by atoms with Crippen LogP contribution in [-0.4, -0.2) is 0 Å². The topological polar surface area (TPSA) is 0 Å². The number of allylic oxidation sites excluding steroid dienone is 1. The van der Waals surface area contributed by atoms with Crippen LogP contribution in [0.25, 0.3) is 17.2 Å². The van der Waals surface area contributed by atoms with Gasteiger partial charge in [0.15, 0.2) is 0 Å². The Hall–Kier alpha value is -0.357. The molecule has 1 fully saturated rings. The van der Waals surface area contributed by atoms with Crippen LogP contribution >= 0.6 is 17.0 Å².